The van der Waals surface area contributed by atoms with Gasteiger partial charge in [0, 0.05) is 24.6 Å². The van der Waals surface area contributed by atoms with Crippen molar-refractivity contribution in [3.05, 3.63) is 0 Å². The molecule has 0 aromatic heterocycles. The number of urea groups is 1. The highest BCUT2D eigenvalue weighted by Crippen LogP contribution is 2.16. The van der Waals surface area contributed by atoms with E-state index in [1.165, 1.54) is 16.7 Å². The van der Waals surface area contributed by atoms with Gasteiger partial charge in [0.05, 0.1) is 0 Å². The molecule has 19 heavy (non-hydrogen) atoms. The molecule has 7 nitrogen and oxygen atoms in total. The Morgan fingerprint density at radius 3 is 2.74 bits per heavy atom. The van der Waals surface area contributed by atoms with Crippen molar-refractivity contribution in [3.63, 3.8) is 0 Å². The number of carboxylic acids is 1. The van der Waals surface area contributed by atoms with Gasteiger partial charge in [-0.25, -0.2) is 9.59 Å². The molecule has 1 rings (SSSR count). The molecule has 1 saturated heterocycles. The smallest absolute Gasteiger partial charge is 0.327 e. The highest BCUT2D eigenvalue weighted by Gasteiger charge is 2.33. The van der Waals surface area contributed by atoms with Crippen LogP contribution in [0, 0.1) is 0 Å². The fourth-order valence-corrected chi connectivity index (χ4v) is 2.75. The highest BCUT2D eigenvalue weighted by atomic mass is 32.2. The number of amides is 3. The van der Waals surface area contributed by atoms with E-state index in [1.54, 1.807) is 13.8 Å². The van der Waals surface area contributed by atoms with Gasteiger partial charge in [0.1, 0.15) is 12.1 Å². The van der Waals surface area contributed by atoms with Crippen LogP contribution in [-0.2, 0) is 9.59 Å². The van der Waals surface area contributed by atoms with Crippen LogP contribution in [0.15, 0.2) is 0 Å². The van der Waals surface area contributed by atoms with Gasteiger partial charge in [0.15, 0.2) is 0 Å². The summed E-state index contributed by atoms with van der Waals surface area (Å²) in [5, 5.41) is 14.2. The number of aliphatic carboxylic acids is 1. The molecule has 0 bridgehead atoms. The summed E-state index contributed by atoms with van der Waals surface area (Å²) in [6.45, 7) is 4.21. The number of rotatable bonds is 4. The Kier molecular flexibility index (Phi) is 5.94. The van der Waals surface area contributed by atoms with Crippen molar-refractivity contribution in [1.82, 2.24) is 15.5 Å². The van der Waals surface area contributed by atoms with Crippen molar-refractivity contribution in [2.24, 2.45) is 0 Å². The molecule has 2 unspecified atom stereocenters. The van der Waals surface area contributed by atoms with E-state index in [0.29, 0.717) is 24.6 Å². The summed E-state index contributed by atoms with van der Waals surface area (Å²) in [6.07, 6.45) is 0. The minimum atomic E-state index is -1.02. The van der Waals surface area contributed by atoms with Crippen LogP contribution >= 0.6 is 11.8 Å². The average molecular weight is 289 g/mol. The van der Waals surface area contributed by atoms with Crippen molar-refractivity contribution in [2.75, 3.05) is 24.6 Å². The third-order valence-corrected chi connectivity index (χ3v) is 3.78. The molecule has 0 saturated carbocycles. The van der Waals surface area contributed by atoms with E-state index >= 15 is 0 Å². The number of thioether (sulfide) groups is 1. The Morgan fingerprint density at radius 2 is 2.16 bits per heavy atom. The predicted octanol–water partition coefficient (Wildman–Crippen LogP) is -0.277. The van der Waals surface area contributed by atoms with Crippen LogP contribution in [0.5, 0.6) is 0 Å². The Labute approximate surface area is 116 Å². The molecule has 2 atom stereocenters. The van der Waals surface area contributed by atoms with Crippen LogP contribution in [0.2, 0.25) is 0 Å². The normalized spacial score (nSPS) is 20.5. The zero-order valence-corrected chi connectivity index (χ0v) is 11.8. The first-order chi connectivity index (χ1) is 8.97. The fourth-order valence-electron chi connectivity index (χ4n) is 1.71. The summed E-state index contributed by atoms with van der Waals surface area (Å²) in [7, 11) is 0. The first kappa shape index (κ1) is 15.6. The lowest BCUT2D eigenvalue weighted by atomic mass is 10.2. The van der Waals surface area contributed by atoms with Crippen molar-refractivity contribution < 1.29 is 19.5 Å². The van der Waals surface area contributed by atoms with Gasteiger partial charge in [-0.1, -0.05) is 0 Å². The molecule has 0 aliphatic carbocycles. The molecule has 8 heteroatoms. The largest absolute Gasteiger partial charge is 0.480 e. The Hall–Kier alpha value is -1.44. The number of hydrogen-bond acceptors (Lipinski definition) is 4. The van der Waals surface area contributed by atoms with E-state index in [-0.39, 0.29) is 5.91 Å². The van der Waals surface area contributed by atoms with Crippen LogP contribution in [-0.4, -0.2) is 64.6 Å². The molecular formula is C11H19N3O4S. The van der Waals surface area contributed by atoms with E-state index in [0.717, 1.165) is 0 Å². The van der Waals surface area contributed by atoms with Crippen LogP contribution < -0.4 is 10.6 Å². The van der Waals surface area contributed by atoms with Gasteiger partial charge < -0.3 is 20.6 Å². The van der Waals surface area contributed by atoms with E-state index in [4.69, 9.17) is 5.11 Å². The lowest BCUT2D eigenvalue weighted by molar-refractivity contribution is -0.141. The monoisotopic (exact) mass is 289 g/mol. The number of carbonyl (C=O) groups is 3. The molecule has 0 spiro atoms. The molecule has 0 aromatic rings. The summed E-state index contributed by atoms with van der Waals surface area (Å²) in [6, 6.07) is -2.02. The lowest BCUT2D eigenvalue weighted by Gasteiger charge is -2.33. The summed E-state index contributed by atoms with van der Waals surface area (Å²) < 4.78 is 0. The Balaban J connectivity index is 2.60. The molecule has 3 N–H and O–H groups in total. The molecule has 3 amide bonds. The number of nitrogens with zero attached hydrogens (tertiary/aromatic N) is 1. The summed E-state index contributed by atoms with van der Waals surface area (Å²) in [5.41, 5.74) is 0. The highest BCUT2D eigenvalue weighted by molar-refractivity contribution is 7.99. The minimum Gasteiger partial charge on any atom is -0.480 e. The van der Waals surface area contributed by atoms with Gasteiger partial charge in [-0.05, 0) is 13.8 Å². The third-order valence-electron chi connectivity index (χ3n) is 2.76. The van der Waals surface area contributed by atoms with E-state index in [2.05, 4.69) is 10.6 Å². The fraction of sp³-hybridized carbons (Fsp3) is 0.727. The molecule has 1 heterocycles. The number of likely N-dealkylation sites (N-methyl/N-ethyl adjacent to an activating group) is 1. The minimum absolute atomic E-state index is 0.283. The quantitative estimate of drug-likeness (QED) is 0.661. The zero-order chi connectivity index (χ0) is 14.4. The standard InChI is InChI=1S/C11H19N3O4S/c1-3-12-9(15)7(2)13-11(18)14-4-5-19-6-8(14)10(16)17/h7-8H,3-6H2,1-2H3,(H,12,15)(H,13,18)(H,16,17). The van der Waals surface area contributed by atoms with Crippen molar-refractivity contribution >= 4 is 29.7 Å². The molecule has 0 aromatic carbocycles. The van der Waals surface area contributed by atoms with Crippen molar-refractivity contribution in [2.45, 2.75) is 25.9 Å². The second kappa shape index (κ2) is 7.22. The first-order valence-corrected chi connectivity index (χ1v) is 7.28. The van der Waals surface area contributed by atoms with Crippen molar-refractivity contribution in [3.8, 4) is 0 Å². The van der Waals surface area contributed by atoms with Gasteiger partial charge in [0.25, 0.3) is 0 Å². The first-order valence-electron chi connectivity index (χ1n) is 6.12. The van der Waals surface area contributed by atoms with Crippen LogP contribution in [0.1, 0.15) is 13.8 Å². The van der Waals surface area contributed by atoms with Gasteiger partial charge >= 0.3 is 12.0 Å². The number of nitrogens with one attached hydrogen (secondary N) is 2. The second-order valence-electron chi connectivity index (χ2n) is 4.19. The maximum absolute atomic E-state index is 12.0. The molecule has 1 fully saturated rings. The summed E-state index contributed by atoms with van der Waals surface area (Å²) in [4.78, 5) is 35.9. The van der Waals surface area contributed by atoms with Gasteiger partial charge in [0.2, 0.25) is 5.91 Å². The number of carbonyl (C=O) groups excluding carboxylic acids is 2. The summed E-state index contributed by atoms with van der Waals surface area (Å²) in [5.74, 6) is -0.229. The third kappa shape index (κ3) is 4.30. The molecule has 1 aliphatic rings. The lowest BCUT2D eigenvalue weighted by Crippen LogP contribution is -2.57. The van der Waals surface area contributed by atoms with E-state index < -0.39 is 24.1 Å². The topological polar surface area (TPSA) is 98.7 Å². The van der Waals surface area contributed by atoms with Crippen molar-refractivity contribution in [1.29, 1.82) is 0 Å². The Bertz CT molecular complexity index is 364. The van der Waals surface area contributed by atoms with Gasteiger partial charge in [-0.2, -0.15) is 11.8 Å². The molecule has 0 radical (unpaired) electrons. The molecular weight excluding hydrogens is 270 g/mol. The van der Waals surface area contributed by atoms with Gasteiger partial charge in [-0.15, -0.1) is 0 Å². The number of hydrogen-bond donors (Lipinski definition) is 3. The Morgan fingerprint density at radius 1 is 1.47 bits per heavy atom. The van der Waals surface area contributed by atoms with E-state index in [1.807, 2.05) is 0 Å². The average Bonchev–Trinajstić information content (AvgIpc) is 2.38. The maximum Gasteiger partial charge on any atom is 0.327 e. The van der Waals surface area contributed by atoms with Gasteiger partial charge in [-0.3, -0.25) is 4.79 Å². The summed E-state index contributed by atoms with van der Waals surface area (Å²) >= 11 is 1.50. The SMILES string of the molecule is CCNC(=O)C(C)NC(=O)N1CCSCC1C(=O)O. The predicted molar refractivity (Wildman–Crippen MR) is 72.1 cm³/mol. The molecule has 1 aliphatic heterocycles. The van der Waals surface area contributed by atoms with Crippen LogP contribution in [0.3, 0.4) is 0 Å². The second-order valence-corrected chi connectivity index (χ2v) is 5.34. The maximum atomic E-state index is 12.0. The van der Waals surface area contributed by atoms with Crippen LogP contribution in [0.4, 0.5) is 4.79 Å². The number of carboxylic acid groups (broad SMARTS) is 1. The molecule has 108 valence electrons. The zero-order valence-electron chi connectivity index (χ0n) is 11.0. The van der Waals surface area contributed by atoms with Crippen LogP contribution in [0.25, 0.3) is 0 Å². The van der Waals surface area contributed by atoms with E-state index in [9.17, 15) is 14.4 Å².